The van der Waals surface area contributed by atoms with E-state index in [1.54, 1.807) is 0 Å². The molecule has 134 valence electrons. The lowest BCUT2D eigenvalue weighted by Gasteiger charge is -2.08. The molecule has 2 nitrogen and oxygen atoms in total. The maximum absolute atomic E-state index is 6.12. The quantitative estimate of drug-likeness (QED) is 0.438. The van der Waals surface area contributed by atoms with Crippen molar-refractivity contribution in [3.05, 3.63) is 101 Å². The van der Waals surface area contributed by atoms with Crippen LogP contribution in [0.15, 0.2) is 84.4 Å². The van der Waals surface area contributed by atoms with Crippen LogP contribution in [0.3, 0.4) is 0 Å². The number of para-hydroxylation sites is 1. The molecule has 0 aliphatic carbocycles. The first kappa shape index (κ1) is 17.2. The molecule has 0 saturated heterocycles. The van der Waals surface area contributed by atoms with Crippen LogP contribution in [0.25, 0.3) is 22.7 Å². The zero-order chi connectivity index (χ0) is 18.8. The van der Waals surface area contributed by atoms with Gasteiger partial charge in [-0.25, -0.2) is 0 Å². The average molecular weight is 352 g/mol. The van der Waals surface area contributed by atoms with E-state index in [1.165, 1.54) is 39.0 Å². The summed E-state index contributed by atoms with van der Waals surface area (Å²) in [6.07, 6.45) is 3.25. The highest BCUT2D eigenvalue weighted by Gasteiger charge is 2.14. The van der Waals surface area contributed by atoms with Gasteiger partial charge >= 0.3 is 0 Å². The van der Waals surface area contributed by atoms with Crippen LogP contribution in [-0.2, 0) is 6.42 Å². The second kappa shape index (κ2) is 7.16. The van der Waals surface area contributed by atoms with Crippen molar-refractivity contribution in [2.45, 2.75) is 20.3 Å². The Labute approximate surface area is 160 Å². The van der Waals surface area contributed by atoms with Gasteiger partial charge in [0.15, 0.2) is 0 Å². The van der Waals surface area contributed by atoms with Crippen LogP contribution in [-0.4, -0.2) is 4.57 Å². The van der Waals surface area contributed by atoms with Gasteiger partial charge in [-0.05, 0) is 56.2 Å². The highest BCUT2D eigenvalue weighted by atomic mass is 15.0. The van der Waals surface area contributed by atoms with Gasteiger partial charge in [-0.3, -0.25) is 0 Å². The number of fused-ring (bicyclic) bond motifs is 1. The number of aromatic nitrogens is 1. The van der Waals surface area contributed by atoms with Gasteiger partial charge in [-0.2, -0.15) is 0 Å². The van der Waals surface area contributed by atoms with E-state index in [4.69, 9.17) is 5.73 Å². The van der Waals surface area contributed by atoms with E-state index in [-0.39, 0.29) is 0 Å². The number of nitrogens with two attached hydrogens (primary N) is 1. The first-order valence-corrected chi connectivity index (χ1v) is 9.30. The molecule has 0 spiro atoms. The van der Waals surface area contributed by atoms with Crippen LogP contribution in [0.4, 0.5) is 5.69 Å². The van der Waals surface area contributed by atoms with E-state index in [0.717, 1.165) is 12.1 Å². The molecule has 0 aliphatic rings. The summed E-state index contributed by atoms with van der Waals surface area (Å²) < 4.78 is 2.32. The fraction of sp³-hybridized carbons (Fsp3) is 0.120. The van der Waals surface area contributed by atoms with Gasteiger partial charge < -0.3 is 10.3 Å². The molecule has 1 heterocycles. The van der Waals surface area contributed by atoms with Crippen molar-refractivity contribution in [3.8, 4) is 5.69 Å². The van der Waals surface area contributed by atoms with Gasteiger partial charge in [0.05, 0.1) is 5.52 Å². The Bertz CT molecular complexity index is 1100. The van der Waals surface area contributed by atoms with Crippen molar-refractivity contribution in [2.75, 3.05) is 5.73 Å². The summed E-state index contributed by atoms with van der Waals surface area (Å²) in [5, 5.41) is 1.20. The number of rotatable bonds is 4. The first-order chi connectivity index (χ1) is 13.1. The minimum absolute atomic E-state index is 0.795. The molecule has 0 amide bonds. The summed E-state index contributed by atoms with van der Waals surface area (Å²) in [5.74, 6) is 0. The number of nitrogen functional groups attached to an aromatic ring is 1. The Hall–Kier alpha value is -3.26. The van der Waals surface area contributed by atoms with Crippen molar-refractivity contribution in [1.82, 2.24) is 4.57 Å². The average Bonchev–Trinajstić information content (AvgIpc) is 2.94. The highest BCUT2D eigenvalue weighted by Crippen LogP contribution is 2.32. The second-order valence-corrected chi connectivity index (χ2v) is 7.10. The Kier molecular flexibility index (Phi) is 4.55. The molecule has 0 unspecified atom stereocenters. The molecule has 27 heavy (non-hydrogen) atoms. The van der Waals surface area contributed by atoms with E-state index in [9.17, 15) is 0 Å². The number of allylic oxidation sites excluding steroid dienone is 1. The molecule has 0 saturated carbocycles. The minimum atomic E-state index is 0.795. The zero-order valence-electron chi connectivity index (χ0n) is 15.8. The van der Waals surface area contributed by atoms with E-state index < -0.39 is 0 Å². The predicted octanol–water partition coefficient (Wildman–Crippen LogP) is 6.17. The minimum Gasteiger partial charge on any atom is -0.399 e. The van der Waals surface area contributed by atoms with Crippen molar-refractivity contribution in [2.24, 2.45) is 0 Å². The summed E-state index contributed by atoms with van der Waals surface area (Å²) in [5.41, 5.74) is 14.4. The number of hydrogen-bond acceptors (Lipinski definition) is 1. The maximum atomic E-state index is 6.12. The molecule has 3 aromatic carbocycles. The molecular formula is C25H24N2. The Morgan fingerprint density at radius 3 is 2.30 bits per heavy atom. The second-order valence-electron chi connectivity index (χ2n) is 7.10. The van der Waals surface area contributed by atoms with Crippen LogP contribution >= 0.6 is 0 Å². The van der Waals surface area contributed by atoms with Crippen molar-refractivity contribution in [3.63, 3.8) is 0 Å². The van der Waals surface area contributed by atoms with E-state index in [0.29, 0.717) is 0 Å². The fourth-order valence-corrected chi connectivity index (χ4v) is 3.77. The van der Waals surface area contributed by atoms with E-state index >= 15 is 0 Å². The fourth-order valence-electron chi connectivity index (χ4n) is 3.77. The normalized spacial score (nSPS) is 11.9. The predicted molar refractivity (Wildman–Crippen MR) is 116 cm³/mol. The third-order valence-corrected chi connectivity index (χ3v) is 5.01. The molecule has 0 bridgehead atoms. The number of hydrogen-bond donors (Lipinski definition) is 1. The number of benzene rings is 3. The highest BCUT2D eigenvalue weighted by molar-refractivity contribution is 5.94. The van der Waals surface area contributed by atoms with E-state index in [1.807, 2.05) is 12.1 Å². The van der Waals surface area contributed by atoms with Gasteiger partial charge in [0, 0.05) is 28.0 Å². The zero-order valence-corrected chi connectivity index (χ0v) is 15.8. The molecule has 2 N–H and O–H groups in total. The molecule has 1 aromatic heterocycles. The summed E-state index contributed by atoms with van der Waals surface area (Å²) >= 11 is 0. The monoisotopic (exact) mass is 352 g/mol. The van der Waals surface area contributed by atoms with Crippen LogP contribution in [0.5, 0.6) is 0 Å². The van der Waals surface area contributed by atoms with Crippen molar-refractivity contribution >= 4 is 22.7 Å². The first-order valence-electron chi connectivity index (χ1n) is 9.30. The maximum Gasteiger partial charge on any atom is 0.0539 e. The molecule has 4 rings (SSSR count). The lowest BCUT2D eigenvalue weighted by molar-refractivity contribution is 1.05. The smallest absolute Gasteiger partial charge is 0.0539 e. The molecule has 4 aromatic rings. The molecule has 0 radical (unpaired) electrons. The largest absolute Gasteiger partial charge is 0.399 e. The lowest BCUT2D eigenvalue weighted by Crippen LogP contribution is -1.96. The Morgan fingerprint density at radius 2 is 1.59 bits per heavy atom. The molecule has 0 aliphatic heterocycles. The van der Waals surface area contributed by atoms with Crippen LogP contribution in [0.2, 0.25) is 0 Å². The SMILES string of the molecule is C/C(=C\c1c(C)n(-c2ccccc2)c2ccc(N)cc12)Cc1ccccc1. The summed E-state index contributed by atoms with van der Waals surface area (Å²) in [6, 6.07) is 27.3. The Morgan fingerprint density at radius 1 is 0.926 bits per heavy atom. The van der Waals surface area contributed by atoms with Gasteiger partial charge in [0.1, 0.15) is 0 Å². The van der Waals surface area contributed by atoms with E-state index in [2.05, 4.69) is 91.2 Å². The van der Waals surface area contributed by atoms with Crippen molar-refractivity contribution < 1.29 is 0 Å². The molecular weight excluding hydrogens is 328 g/mol. The van der Waals surface area contributed by atoms with Crippen LogP contribution in [0.1, 0.15) is 23.7 Å². The Balaban J connectivity index is 1.86. The molecule has 2 heteroatoms. The molecule has 0 fully saturated rings. The third-order valence-electron chi connectivity index (χ3n) is 5.01. The van der Waals surface area contributed by atoms with Gasteiger partial charge in [0.25, 0.3) is 0 Å². The third kappa shape index (κ3) is 3.39. The standard InChI is InChI=1S/C25H24N2/c1-18(15-20-9-5-3-6-10-20)16-23-19(2)27(22-11-7-4-8-12-22)25-14-13-21(26)17-24(23)25/h3-14,16-17H,15,26H2,1-2H3/b18-16+. The van der Waals surface area contributed by atoms with Gasteiger partial charge in [0.2, 0.25) is 0 Å². The number of nitrogens with zero attached hydrogens (tertiary/aromatic N) is 1. The lowest BCUT2D eigenvalue weighted by atomic mass is 10.0. The van der Waals surface area contributed by atoms with Crippen LogP contribution < -0.4 is 5.73 Å². The van der Waals surface area contributed by atoms with Gasteiger partial charge in [-0.1, -0.05) is 60.2 Å². The van der Waals surface area contributed by atoms with Crippen LogP contribution in [0, 0.1) is 6.92 Å². The van der Waals surface area contributed by atoms with Crippen molar-refractivity contribution in [1.29, 1.82) is 0 Å². The van der Waals surface area contributed by atoms with Gasteiger partial charge in [-0.15, -0.1) is 0 Å². The number of anilines is 1. The summed E-state index contributed by atoms with van der Waals surface area (Å²) in [4.78, 5) is 0. The molecule has 0 atom stereocenters. The summed E-state index contributed by atoms with van der Waals surface area (Å²) in [6.45, 7) is 4.38. The summed E-state index contributed by atoms with van der Waals surface area (Å²) in [7, 11) is 0. The topological polar surface area (TPSA) is 30.9 Å².